The molecule has 0 aliphatic rings. The first-order chi connectivity index (χ1) is 9.30. The Morgan fingerprint density at radius 3 is 2.63 bits per heavy atom. The predicted molar refractivity (Wildman–Crippen MR) is 68.0 cm³/mol. The maximum absolute atomic E-state index is 8.98. The Labute approximate surface area is 111 Å². The molecule has 1 aromatic heterocycles. The zero-order chi connectivity index (χ0) is 13.7. The standard InChI is InChI=1S/C13H14N4O2/c1-3-19-11-6-4-10(5-7-11)17-13(9-18-2)12(8-14)15-16-17/h4-7H,3,9H2,1-2H3. The fourth-order valence-electron chi connectivity index (χ4n) is 1.71. The molecule has 0 radical (unpaired) electrons. The number of nitrogens with zero attached hydrogens (tertiary/aromatic N) is 4. The summed E-state index contributed by atoms with van der Waals surface area (Å²) in [4.78, 5) is 0. The lowest BCUT2D eigenvalue weighted by Crippen LogP contribution is -2.04. The van der Waals surface area contributed by atoms with E-state index >= 15 is 0 Å². The lowest BCUT2D eigenvalue weighted by Gasteiger charge is -2.07. The Balaban J connectivity index is 2.36. The Bertz CT molecular complexity index is 584. The zero-order valence-corrected chi connectivity index (χ0v) is 10.8. The number of nitriles is 1. The summed E-state index contributed by atoms with van der Waals surface area (Å²) in [5, 5.41) is 16.8. The molecule has 0 amide bonds. The highest BCUT2D eigenvalue weighted by Crippen LogP contribution is 2.17. The number of hydrogen-bond donors (Lipinski definition) is 0. The van der Waals surface area contributed by atoms with Gasteiger partial charge in [0.25, 0.3) is 0 Å². The second-order valence-electron chi connectivity index (χ2n) is 3.77. The SMILES string of the molecule is CCOc1ccc(-n2nnc(C#N)c2COC)cc1. The lowest BCUT2D eigenvalue weighted by molar-refractivity contribution is 0.179. The van der Waals surface area contributed by atoms with E-state index in [4.69, 9.17) is 14.7 Å². The molecule has 6 heteroatoms. The molecule has 0 saturated heterocycles. The number of ether oxygens (including phenoxy) is 2. The van der Waals surface area contributed by atoms with Gasteiger partial charge in [-0.2, -0.15) is 5.26 Å². The molecule has 1 heterocycles. The monoisotopic (exact) mass is 258 g/mol. The highest BCUT2D eigenvalue weighted by atomic mass is 16.5. The van der Waals surface area contributed by atoms with Crippen molar-refractivity contribution in [2.75, 3.05) is 13.7 Å². The van der Waals surface area contributed by atoms with E-state index in [9.17, 15) is 0 Å². The van der Waals surface area contributed by atoms with Gasteiger partial charge in [-0.1, -0.05) is 5.21 Å². The summed E-state index contributed by atoms with van der Waals surface area (Å²) in [5.41, 5.74) is 1.72. The molecule has 2 rings (SSSR count). The van der Waals surface area contributed by atoms with Crippen LogP contribution in [0.3, 0.4) is 0 Å². The molecule has 2 aromatic rings. The van der Waals surface area contributed by atoms with Gasteiger partial charge in [-0.15, -0.1) is 5.10 Å². The van der Waals surface area contributed by atoms with Gasteiger partial charge in [0.1, 0.15) is 17.5 Å². The summed E-state index contributed by atoms with van der Waals surface area (Å²) in [6.45, 7) is 2.83. The number of aromatic nitrogens is 3. The third-order valence-corrected chi connectivity index (χ3v) is 2.54. The van der Waals surface area contributed by atoms with E-state index in [2.05, 4.69) is 10.3 Å². The van der Waals surface area contributed by atoms with Gasteiger partial charge in [0.2, 0.25) is 0 Å². The van der Waals surface area contributed by atoms with Gasteiger partial charge in [0.15, 0.2) is 5.69 Å². The normalized spacial score (nSPS) is 10.2. The fourth-order valence-corrected chi connectivity index (χ4v) is 1.71. The van der Waals surface area contributed by atoms with Crippen LogP contribution in [0.2, 0.25) is 0 Å². The second-order valence-corrected chi connectivity index (χ2v) is 3.77. The fraction of sp³-hybridized carbons (Fsp3) is 0.308. The van der Waals surface area contributed by atoms with Gasteiger partial charge in [0.05, 0.1) is 18.9 Å². The molecule has 0 atom stereocenters. The van der Waals surface area contributed by atoms with E-state index in [1.165, 1.54) is 0 Å². The molecule has 1 aromatic carbocycles. The van der Waals surface area contributed by atoms with E-state index in [0.717, 1.165) is 11.4 Å². The highest BCUT2D eigenvalue weighted by molar-refractivity contribution is 5.39. The summed E-state index contributed by atoms with van der Waals surface area (Å²) in [7, 11) is 1.57. The quantitative estimate of drug-likeness (QED) is 0.815. The van der Waals surface area contributed by atoms with Crippen molar-refractivity contribution in [2.45, 2.75) is 13.5 Å². The third-order valence-electron chi connectivity index (χ3n) is 2.54. The van der Waals surface area contributed by atoms with Crippen molar-refractivity contribution in [1.29, 1.82) is 5.26 Å². The van der Waals surface area contributed by atoms with Crippen LogP contribution in [0.5, 0.6) is 5.75 Å². The summed E-state index contributed by atoms with van der Waals surface area (Å²) >= 11 is 0. The third kappa shape index (κ3) is 2.72. The molecule has 0 spiro atoms. The van der Waals surface area contributed by atoms with Crippen LogP contribution in [0.4, 0.5) is 0 Å². The van der Waals surface area contributed by atoms with E-state index in [0.29, 0.717) is 12.3 Å². The first-order valence-electron chi connectivity index (χ1n) is 5.87. The first kappa shape index (κ1) is 13.1. The van der Waals surface area contributed by atoms with Gasteiger partial charge in [-0.3, -0.25) is 0 Å². The van der Waals surface area contributed by atoms with E-state index in [1.807, 2.05) is 37.3 Å². The van der Waals surface area contributed by atoms with E-state index < -0.39 is 0 Å². The van der Waals surface area contributed by atoms with Gasteiger partial charge in [-0.05, 0) is 31.2 Å². The van der Waals surface area contributed by atoms with Gasteiger partial charge >= 0.3 is 0 Å². The minimum absolute atomic E-state index is 0.274. The van der Waals surface area contributed by atoms with E-state index in [-0.39, 0.29) is 12.3 Å². The summed E-state index contributed by atoms with van der Waals surface area (Å²) in [6.07, 6.45) is 0. The van der Waals surface area contributed by atoms with Crippen molar-refractivity contribution in [2.24, 2.45) is 0 Å². The summed E-state index contributed by atoms with van der Waals surface area (Å²) < 4.78 is 12.1. The lowest BCUT2D eigenvalue weighted by atomic mass is 10.3. The number of rotatable bonds is 5. The Hall–Kier alpha value is -2.39. The van der Waals surface area contributed by atoms with Crippen molar-refractivity contribution in [3.8, 4) is 17.5 Å². The average Bonchev–Trinajstić information content (AvgIpc) is 2.83. The van der Waals surface area contributed by atoms with Crippen molar-refractivity contribution >= 4 is 0 Å². The molecule has 0 aliphatic heterocycles. The minimum atomic E-state index is 0.274. The molecule has 0 bridgehead atoms. The molecule has 0 saturated carbocycles. The van der Waals surface area contributed by atoms with Crippen LogP contribution in [0.15, 0.2) is 24.3 Å². The maximum Gasteiger partial charge on any atom is 0.188 e. The van der Waals surface area contributed by atoms with E-state index in [1.54, 1.807) is 11.8 Å². The van der Waals surface area contributed by atoms with Gasteiger partial charge in [-0.25, -0.2) is 4.68 Å². The highest BCUT2D eigenvalue weighted by Gasteiger charge is 2.13. The minimum Gasteiger partial charge on any atom is -0.494 e. The number of benzene rings is 1. The van der Waals surface area contributed by atoms with Gasteiger partial charge in [0, 0.05) is 7.11 Å². The zero-order valence-electron chi connectivity index (χ0n) is 10.8. The molecule has 0 fully saturated rings. The van der Waals surface area contributed by atoms with Crippen LogP contribution in [-0.4, -0.2) is 28.7 Å². The van der Waals surface area contributed by atoms with Crippen molar-refractivity contribution in [3.05, 3.63) is 35.7 Å². The number of hydrogen-bond acceptors (Lipinski definition) is 5. The van der Waals surface area contributed by atoms with Crippen molar-refractivity contribution < 1.29 is 9.47 Å². The Kier molecular flexibility index (Phi) is 4.11. The van der Waals surface area contributed by atoms with Crippen LogP contribution in [0.1, 0.15) is 18.3 Å². The van der Waals surface area contributed by atoms with Crippen molar-refractivity contribution in [3.63, 3.8) is 0 Å². The molecular weight excluding hydrogens is 244 g/mol. The Morgan fingerprint density at radius 1 is 1.32 bits per heavy atom. The first-order valence-corrected chi connectivity index (χ1v) is 5.87. The molecule has 19 heavy (non-hydrogen) atoms. The second kappa shape index (κ2) is 5.98. The predicted octanol–water partition coefficient (Wildman–Crippen LogP) is 1.68. The van der Waals surface area contributed by atoms with Crippen LogP contribution in [-0.2, 0) is 11.3 Å². The smallest absolute Gasteiger partial charge is 0.188 e. The molecule has 0 unspecified atom stereocenters. The largest absolute Gasteiger partial charge is 0.494 e. The molecule has 6 nitrogen and oxygen atoms in total. The maximum atomic E-state index is 8.98. The topological polar surface area (TPSA) is 73.0 Å². The molecular formula is C13H14N4O2. The average molecular weight is 258 g/mol. The Morgan fingerprint density at radius 2 is 2.05 bits per heavy atom. The molecule has 0 N–H and O–H groups in total. The van der Waals surface area contributed by atoms with Crippen LogP contribution >= 0.6 is 0 Å². The number of methoxy groups -OCH3 is 1. The van der Waals surface area contributed by atoms with Crippen LogP contribution in [0, 0.1) is 11.3 Å². The van der Waals surface area contributed by atoms with Crippen LogP contribution < -0.4 is 4.74 Å². The van der Waals surface area contributed by atoms with Gasteiger partial charge < -0.3 is 9.47 Å². The molecule has 0 aliphatic carbocycles. The molecule has 98 valence electrons. The summed E-state index contributed by atoms with van der Waals surface area (Å²) in [6, 6.07) is 9.43. The van der Waals surface area contributed by atoms with Crippen molar-refractivity contribution in [1.82, 2.24) is 15.0 Å². The van der Waals surface area contributed by atoms with Crippen LogP contribution in [0.25, 0.3) is 5.69 Å². The summed E-state index contributed by atoms with van der Waals surface area (Å²) in [5.74, 6) is 0.792.